The van der Waals surface area contributed by atoms with Gasteiger partial charge in [-0.3, -0.25) is 15.6 Å². The molecule has 1 aromatic heterocycles. The Hall–Kier alpha value is -3.66. The summed E-state index contributed by atoms with van der Waals surface area (Å²) in [5, 5.41) is 0. The maximum absolute atomic E-state index is 12.4. The van der Waals surface area contributed by atoms with Gasteiger partial charge in [-0.15, -0.1) is 0 Å². The van der Waals surface area contributed by atoms with Crippen LogP contribution in [0.1, 0.15) is 20.7 Å². The summed E-state index contributed by atoms with van der Waals surface area (Å²) in [5.41, 5.74) is 13.1. The second kappa shape index (κ2) is 9.23. The van der Waals surface area contributed by atoms with E-state index in [1.165, 1.54) is 13.4 Å². The van der Waals surface area contributed by atoms with E-state index in [9.17, 15) is 9.59 Å². The van der Waals surface area contributed by atoms with E-state index in [0.29, 0.717) is 27.1 Å². The number of hydrogen-bond donors (Lipinski definition) is 3. The Morgan fingerprint density at radius 3 is 2.43 bits per heavy atom. The molecule has 0 aliphatic rings. The first-order valence-electron chi connectivity index (χ1n) is 8.76. The molecule has 0 radical (unpaired) electrons. The largest absolute Gasteiger partial charge is 0.465 e. The van der Waals surface area contributed by atoms with Crippen LogP contribution in [0.3, 0.4) is 0 Å². The summed E-state index contributed by atoms with van der Waals surface area (Å²) in [5.74, 6) is -0.294. The van der Waals surface area contributed by atoms with Gasteiger partial charge in [-0.25, -0.2) is 14.8 Å². The van der Waals surface area contributed by atoms with E-state index in [0.717, 1.165) is 0 Å². The van der Waals surface area contributed by atoms with Crippen LogP contribution in [-0.4, -0.2) is 36.0 Å². The highest BCUT2D eigenvalue weighted by Crippen LogP contribution is 2.32. The van der Waals surface area contributed by atoms with Gasteiger partial charge in [0.25, 0.3) is 5.91 Å². The highest BCUT2D eigenvalue weighted by Gasteiger charge is 2.20. The molecular weight excluding hydrogens is 452 g/mol. The number of hydrogen-bond acceptors (Lipinski definition) is 8. The first kappa shape index (κ1) is 21.1. The van der Waals surface area contributed by atoms with Gasteiger partial charge in [-0.2, -0.15) is 0 Å². The minimum Gasteiger partial charge on any atom is -0.465 e. The van der Waals surface area contributed by atoms with Crippen LogP contribution in [0.5, 0.6) is 0 Å². The zero-order valence-corrected chi connectivity index (χ0v) is 17.8. The van der Waals surface area contributed by atoms with Gasteiger partial charge in [-0.05, 0) is 40.2 Å². The number of carbonyl (C=O) groups is 2. The third-order valence-electron chi connectivity index (χ3n) is 4.26. The molecule has 2 aromatic carbocycles. The number of aromatic nitrogens is 2. The number of nitrogens with zero attached hydrogens (tertiary/aromatic N) is 3. The number of anilines is 4. The van der Waals surface area contributed by atoms with E-state index in [4.69, 9.17) is 10.5 Å². The SMILES string of the molecule is COC(=O)c1ccccc1N(C)c1ncnc(NNC(=O)c2ccccc2Br)c1N. The molecule has 0 atom stereocenters. The second-order valence-electron chi connectivity index (χ2n) is 6.09. The molecule has 1 amide bonds. The minimum atomic E-state index is -0.482. The number of esters is 1. The van der Waals surface area contributed by atoms with Crippen molar-refractivity contribution in [1.29, 1.82) is 0 Å². The summed E-state index contributed by atoms with van der Waals surface area (Å²) in [6, 6.07) is 13.9. The van der Waals surface area contributed by atoms with Crippen LogP contribution in [0.2, 0.25) is 0 Å². The van der Waals surface area contributed by atoms with Crippen LogP contribution in [0.15, 0.2) is 59.3 Å². The van der Waals surface area contributed by atoms with E-state index in [2.05, 4.69) is 36.7 Å². The third-order valence-corrected chi connectivity index (χ3v) is 4.96. The molecule has 30 heavy (non-hydrogen) atoms. The molecule has 0 saturated carbocycles. The Kier molecular flexibility index (Phi) is 6.48. The lowest BCUT2D eigenvalue weighted by Crippen LogP contribution is -2.31. The van der Waals surface area contributed by atoms with Crippen molar-refractivity contribution in [3.63, 3.8) is 0 Å². The molecule has 9 nitrogen and oxygen atoms in total. The molecule has 10 heteroatoms. The van der Waals surface area contributed by atoms with E-state index in [1.807, 2.05) is 6.07 Å². The van der Waals surface area contributed by atoms with Crippen LogP contribution in [0.4, 0.5) is 23.0 Å². The number of nitrogen functional groups attached to an aromatic ring is 1. The zero-order valence-electron chi connectivity index (χ0n) is 16.2. The molecule has 3 aromatic rings. The summed E-state index contributed by atoms with van der Waals surface area (Å²) in [6.07, 6.45) is 1.30. The average Bonchev–Trinajstić information content (AvgIpc) is 2.77. The van der Waals surface area contributed by atoms with Crippen molar-refractivity contribution in [2.24, 2.45) is 0 Å². The van der Waals surface area contributed by atoms with Gasteiger partial charge in [0.15, 0.2) is 11.6 Å². The monoisotopic (exact) mass is 470 g/mol. The number of halogens is 1. The second-order valence-corrected chi connectivity index (χ2v) is 6.94. The van der Waals surface area contributed by atoms with Crippen LogP contribution >= 0.6 is 15.9 Å². The predicted octanol–water partition coefficient (Wildman–Crippen LogP) is 3.13. The fraction of sp³-hybridized carbons (Fsp3) is 0.100. The van der Waals surface area contributed by atoms with Crippen LogP contribution in [0.25, 0.3) is 0 Å². The molecule has 0 bridgehead atoms. The molecular formula is C20H19BrN6O3. The molecule has 0 aliphatic heterocycles. The highest BCUT2D eigenvalue weighted by atomic mass is 79.9. The van der Waals surface area contributed by atoms with Crippen molar-refractivity contribution in [3.8, 4) is 0 Å². The molecule has 4 N–H and O–H groups in total. The van der Waals surface area contributed by atoms with Gasteiger partial charge in [0.1, 0.15) is 12.0 Å². The summed E-state index contributed by atoms with van der Waals surface area (Å²) >= 11 is 3.34. The number of methoxy groups -OCH3 is 1. The summed E-state index contributed by atoms with van der Waals surface area (Å²) in [6.45, 7) is 0. The van der Waals surface area contributed by atoms with Crippen molar-refractivity contribution >= 4 is 50.8 Å². The number of para-hydroxylation sites is 1. The lowest BCUT2D eigenvalue weighted by molar-refractivity contribution is 0.0601. The van der Waals surface area contributed by atoms with Crippen molar-refractivity contribution in [2.45, 2.75) is 0 Å². The smallest absolute Gasteiger partial charge is 0.339 e. The van der Waals surface area contributed by atoms with E-state index in [-0.39, 0.29) is 17.4 Å². The fourth-order valence-corrected chi connectivity index (χ4v) is 3.21. The van der Waals surface area contributed by atoms with Crippen molar-refractivity contribution < 1.29 is 14.3 Å². The molecule has 0 aliphatic carbocycles. The van der Waals surface area contributed by atoms with Gasteiger partial charge in [0, 0.05) is 11.5 Å². The Bertz CT molecular complexity index is 1090. The Morgan fingerprint density at radius 1 is 1.07 bits per heavy atom. The zero-order chi connectivity index (χ0) is 21.7. The average molecular weight is 471 g/mol. The Labute approximate surface area is 181 Å². The number of nitrogens with one attached hydrogen (secondary N) is 2. The normalized spacial score (nSPS) is 10.2. The van der Waals surface area contributed by atoms with Crippen LogP contribution in [0, 0.1) is 0 Å². The maximum atomic E-state index is 12.4. The Morgan fingerprint density at radius 2 is 1.73 bits per heavy atom. The molecule has 0 spiro atoms. The predicted molar refractivity (Wildman–Crippen MR) is 118 cm³/mol. The van der Waals surface area contributed by atoms with Gasteiger partial charge in [0.2, 0.25) is 0 Å². The lowest BCUT2D eigenvalue weighted by Gasteiger charge is -2.23. The summed E-state index contributed by atoms with van der Waals surface area (Å²) in [4.78, 5) is 34.4. The molecule has 3 rings (SSSR count). The van der Waals surface area contributed by atoms with E-state index >= 15 is 0 Å². The number of rotatable bonds is 6. The molecule has 1 heterocycles. The topological polar surface area (TPSA) is 122 Å². The third kappa shape index (κ3) is 4.33. The van der Waals surface area contributed by atoms with Crippen LogP contribution < -0.4 is 21.5 Å². The molecule has 154 valence electrons. The number of carbonyl (C=O) groups excluding carboxylic acids is 2. The highest BCUT2D eigenvalue weighted by molar-refractivity contribution is 9.10. The number of amides is 1. The maximum Gasteiger partial charge on any atom is 0.339 e. The minimum absolute atomic E-state index is 0.187. The number of benzene rings is 2. The standard InChI is InChI=1S/C20H19BrN6O3/c1-27(15-10-6-4-8-13(15)20(29)30-2)18-16(22)17(23-11-24-18)25-26-19(28)12-7-3-5-9-14(12)21/h3-11H,22H2,1-2H3,(H,26,28)(H,23,24,25). The van der Waals surface area contributed by atoms with Crippen molar-refractivity contribution in [1.82, 2.24) is 15.4 Å². The molecule has 0 fully saturated rings. The van der Waals surface area contributed by atoms with Gasteiger partial charge >= 0.3 is 5.97 Å². The first-order chi connectivity index (χ1) is 14.4. The van der Waals surface area contributed by atoms with Gasteiger partial charge in [-0.1, -0.05) is 24.3 Å². The number of nitrogens with two attached hydrogens (primary N) is 1. The molecule has 0 saturated heterocycles. The van der Waals surface area contributed by atoms with Gasteiger partial charge in [0.05, 0.1) is 23.9 Å². The fourth-order valence-electron chi connectivity index (χ4n) is 2.74. The summed E-state index contributed by atoms with van der Waals surface area (Å²) in [7, 11) is 3.03. The summed E-state index contributed by atoms with van der Waals surface area (Å²) < 4.78 is 5.49. The van der Waals surface area contributed by atoms with Crippen molar-refractivity contribution in [2.75, 3.05) is 30.2 Å². The number of ether oxygens (including phenoxy) is 1. The first-order valence-corrected chi connectivity index (χ1v) is 9.55. The lowest BCUT2D eigenvalue weighted by atomic mass is 10.1. The number of hydrazine groups is 1. The Balaban J connectivity index is 1.84. The van der Waals surface area contributed by atoms with Crippen LogP contribution in [-0.2, 0) is 4.74 Å². The molecule has 0 unspecified atom stereocenters. The van der Waals surface area contributed by atoms with E-state index < -0.39 is 5.97 Å². The van der Waals surface area contributed by atoms with Crippen molar-refractivity contribution in [3.05, 3.63) is 70.5 Å². The van der Waals surface area contributed by atoms with Gasteiger partial charge < -0.3 is 15.4 Å². The van der Waals surface area contributed by atoms with E-state index in [1.54, 1.807) is 54.4 Å². The quantitative estimate of drug-likeness (QED) is 0.370.